The van der Waals surface area contributed by atoms with Crippen molar-refractivity contribution in [2.45, 2.75) is 24.3 Å². The predicted molar refractivity (Wildman–Crippen MR) is 72.4 cm³/mol. The fourth-order valence-electron chi connectivity index (χ4n) is 1.13. The maximum absolute atomic E-state index is 12.0. The molecule has 0 fully saturated rings. The van der Waals surface area contributed by atoms with Crippen LogP contribution in [0.4, 0.5) is 0 Å². The molecule has 0 aromatic heterocycles. The molecule has 0 saturated heterocycles. The summed E-state index contributed by atoms with van der Waals surface area (Å²) in [6.45, 7) is 1.81. The lowest BCUT2D eigenvalue weighted by Crippen LogP contribution is -2.33. The van der Waals surface area contributed by atoms with Gasteiger partial charge in [-0.25, -0.2) is 8.42 Å². The zero-order valence-electron chi connectivity index (χ0n) is 9.07. The molecule has 0 aliphatic heterocycles. The van der Waals surface area contributed by atoms with Gasteiger partial charge in [0.25, 0.3) is 0 Å². The molecule has 0 radical (unpaired) electrons. The second-order valence-electron chi connectivity index (χ2n) is 3.32. The Morgan fingerprint density at radius 2 is 2.24 bits per heavy atom. The van der Waals surface area contributed by atoms with Crippen molar-refractivity contribution in [3.8, 4) is 12.3 Å². The largest absolute Gasteiger partial charge is 0.241 e. The average Bonchev–Trinajstić information content (AvgIpc) is 2.29. The summed E-state index contributed by atoms with van der Waals surface area (Å²) in [5.74, 6) is 2.38. The molecule has 0 spiro atoms. The van der Waals surface area contributed by atoms with Gasteiger partial charge in [-0.05, 0) is 40.5 Å². The van der Waals surface area contributed by atoms with Crippen LogP contribution >= 0.6 is 27.5 Å². The first-order chi connectivity index (χ1) is 7.90. The average molecular weight is 337 g/mol. The molecule has 0 heterocycles. The van der Waals surface area contributed by atoms with E-state index in [1.54, 1.807) is 0 Å². The number of halogens is 2. The molecule has 92 valence electrons. The molecular formula is C11H11BrClNO2S. The Morgan fingerprint density at radius 1 is 1.59 bits per heavy atom. The summed E-state index contributed by atoms with van der Waals surface area (Å²) in [5, 5.41) is 0.452. The molecule has 0 bridgehead atoms. The van der Waals surface area contributed by atoms with E-state index in [4.69, 9.17) is 18.0 Å². The predicted octanol–water partition coefficient (Wildman–Crippen LogP) is 2.79. The van der Waals surface area contributed by atoms with Gasteiger partial charge in [0.15, 0.2) is 0 Å². The van der Waals surface area contributed by atoms with E-state index in [0.29, 0.717) is 15.9 Å². The minimum Gasteiger partial charge on any atom is -0.207 e. The summed E-state index contributed by atoms with van der Waals surface area (Å²) in [7, 11) is -3.60. The number of hydrogen-bond acceptors (Lipinski definition) is 2. The third-order valence-corrected chi connectivity index (χ3v) is 4.79. The Bertz CT molecular complexity index is 551. The lowest BCUT2D eigenvalue weighted by Gasteiger charge is -2.11. The van der Waals surface area contributed by atoms with Gasteiger partial charge < -0.3 is 0 Å². The van der Waals surface area contributed by atoms with Crippen LogP contribution in [-0.2, 0) is 10.0 Å². The monoisotopic (exact) mass is 335 g/mol. The van der Waals surface area contributed by atoms with E-state index in [1.165, 1.54) is 18.2 Å². The quantitative estimate of drug-likeness (QED) is 0.859. The van der Waals surface area contributed by atoms with Gasteiger partial charge >= 0.3 is 0 Å². The van der Waals surface area contributed by atoms with Gasteiger partial charge in [-0.2, -0.15) is 4.72 Å². The van der Waals surface area contributed by atoms with Crippen molar-refractivity contribution in [3.05, 3.63) is 27.7 Å². The van der Waals surface area contributed by atoms with Gasteiger partial charge in [-0.1, -0.05) is 24.4 Å². The Balaban J connectivity index is 3.06. The number of benzene rings is 1. The molecule has 0 aliphatic carbocycles. The highest BCUT2D eigenvalue weighted by Crippen LogP contribution is 2.25. The van der Waals surface area contributed by atoms with Gasteiger partial charge in [0.05, 0.1) is 16.0 Å². The van der Waals surface area contributed by atoms with Crippen LogP contribution in [0.5, 0.6) is 0 Å². The summed E-state index contributed by atoms with van der Waals surface area (Å²) in [6.07, 6.45) is 5.75. The molecule has 0 aliphatic rings. The summed E-state index contributed by atoms with van der Waals surface area (Å²) in [5.41, 5.74) is 0. The number of terminal acetylenes is 1. The molecule has 0 amide bonds. The minimum atomic E-state index is -3.60. The highest BCUT2D eigenvalue weighted by Gasteiger charge is 2.18. The summed E-state index contributed by atoms with van der Waals surface area (Å²) in [4.78, 5) is 0.127. The molecule has 1 N–H and O–H groups in total. The van der Waals surface area contributed by atoms with Crippen LogP contribution in [0, 0.1) is 12.3 Å². The third kappa shape index (κ3) is 3.71. The van der Waals surface area contributed by atoms with Gasteiger partial charge in [-0.15, -0.1) is 6.42 Å². The normalized spacial score (nSPS) is 13.1. The van der Waals surface area contributed by atoms with Crippen molar-refractivity contribution in [2.24, 2.45) is 0 Å². The van der Waals surface area contributed by atoms with Crippen molar-refractivity contribution in [2.75, 3.05) is 0 Å². The molecule has 1 unspecified atom stereocenters. The number of nitrogens with one attached hydrogen (secondary N) is 1. The van der Waals surface area contributed by atoms with Crippen molar-refractivity contribution in [1.82, 2.24) is 4.72 Å². The first kappa shape index (κ1) is 14.5. The van der Waals surface area contributed by atoms with E-state index in [0.717, 1.165) is 0 Å². The van der Waals surface area contributed by atoms with Gasteiger partial charge in [0.1, 0.15) is 0 Å². The fraction of sp³-hybridized carbons (Fsp3) is 0.273. The molecular weight excluding hydrogens is 326 g/mol. The molecule has 3 nitrogen and oxygen atoms in total. The Hall–Kier alpha value is -0.540. The third-order valence-electron chi connectivity index (χ3n) is 2.11. The molecule has 1 aromatic carbocycles. The Labute approximate surface area is 115 Å². The summed E-state index contributed by atoms with van der Waals surface area (Å²) < 4.78 is 26.9. The maximum Gasteiger partial charge on any atom is 0.241 e. The van der Waals surface area contributed by atoms with Crippen LogP contribution in [0.2, 0.25) is 5.02 Å². The van der Waals surface area contributed by atoms with Gasteiger partial charge in [0, 0.05) is 4.47 Å². The zero-order chi connectivity index (χ0) is 13.1. The summed E-state index contributed by atoms with van der Waals surface area (Å²) in [6, 6.07) is 3.87. The zero-order valence-corrected chi connectivity index (χ0v) is 12.2. The second kappa shape index (κ2) is 5.87. The molecule has 17 heavy (non-hydrogen) atoms. The first-order valence-electron chi connectivity index (χ1n) is 4.84. The van der Waals surface area contributed by atoms with E-state index in [1.807, 2.05) is 6.92 Å². The van der Waals surface area contributed by atoms with Gasteiger partial charge in [0.2, 0.25) is 10.0 Å². The van der Waals surface area contributed by atoms with E-state index in [9.17, 15) is 8.42 Å². The van der Waals surface area contributed by atoms with Crippen LogP contribution in [-0.4, -0.2) is 14.5 Å². The summed E-state index contributed by atoms with van der Waals surface area (Å²) >= 11 is 8.97. The number of hydrogen-bond donors (Lipinski definition) is 1. The molecule has 0 saturated carbocycles. The maximum atomic E-state index is 12.0. The standard InChI is InChI=1S/C11H11BrClNO2S/c1-3-8(4-2)14-17(15,16)9-5-6-11(13)10(12)7-9/h1,5-8,14H,4H2,2H3. The van der Waals surface area contributed by atoms with Crippen LogP contribution in [0.3, 0.4) is 0 Å². The van der Waals surface area contributed by atoms with Crippen LogP contribution in [0.25, 0.3) is 0 Å². The van der Waals surface area contributed by atoms with Crippen LogP contribution in [0.15, 0.2) is 27.6 Å². The van der Waals surface area contributed by atoms with Crippen molar-refractivity contribution < 1.29 is 8.42 Å². The van der Waals surface area contributed by atoms with E-state index in [-0.39, 0.29) is 4.90 Å². The highest BCUT2D eigenvalue weighted by molar-refractivity contribution is 9.10. The van der Waals surface area contributed by atoms with E-state index in [2.05, 4.69) is 26.6 Å². The van der Waals surface area contributed by atoms with Crippen molar-refractivity contribution in [3.63, 3.8) is 0 Å². The number of sulfonamides is 1. The molecule has 1 aromatic rings. The lowest BCUT2D eigenvalue weighted by atomic mass is 10.3. The fourth-order valence-corrected chi connectivity index (χ4v) is 3.05. The highest BCUT2D eigenvalue weighted by atomic mass is 79.9. The van der Waals surface area contributed by atoms with Crippen molar-refractivity contribution in [1.29, 1.82) is 0 Å². The Kier molecular flexibility index (Phi) is 5.02. The smallest absolute Gasteiger partial charge is 0.207 e. The van der Waals surface area contributed by atoms with Crippen LogP contribution < -0.4 is 4.72 Å². The topological polar surface area (TPSA) is 46.2 Å². The first-order valence-corrected chi connectivity index (χ1v) is 7.49. The molecule has 1 rings (SSSR count). The second-order valence-corrected chi connectivity index (χ2v) is 6.30. The SMILES string of the molecule is C#CC(CC)NS(=O)(=O)c1ccc(Cl)c(Br)c1. The van der Waals surface area contributed by atoms with Crippen molar-refractivity contribution >= 4 is 37.6 Å². The molecule has 6 heteroatoms. The molecule has 1 atom stereocenters. The van der Waals surface area contributed by atoms with E-state index >= 15 is 0 Å². The lowest BCUT2D eigenvalue weighted by molar-refractivity contribution is 0.570. The minimum absolute atomic E-state index is 0.127. The Morgan fingerprint density at radius 3 is 2.71 bits per heavy atom. The van der Waals surface area contributed by atoms with E-state index < -0.39 is 16.1 Å². The number of rotatable bonds is 4. The van der Waals surface area contributed by atoms with Gasteiger partial charge in [-0.3, -0.25) is 0 Å². The van der Waals surface area contributed by atoms with Crippen LogP contribution in [0.1, 0.15) is 13.3 Å².